The lowest BCUT2D eigenvalue weighted by atomic mass is 10.5. The summed E-state index contributed by atoms with van der Waals surface area (Å²) in [5.41, 5.74) is 0. The minimum Gasteiger partial charge on any atom is -0.506 e. The largest absolute Gasteiger partial charge is 0.506 e. The van der Waals surface area contributed by atoms with E-state index in [0.29, 0.717) is 13.2 Å². The summed E-state index contributed by atoms with van der Waals surface area (Å²) in [4.78, 5) is 0. The van der Waals surface area contributed by atoms with Gasteiger partial charge >= 0.3 is 7.60 Å². The fourth-order valence-corrected chi connectivity index (χ4v) is 2.99. The molecule has 0 atom stereocenters. The molecule has 0 aromatic heterocycles. The minimum atomic E-state index is -3.73. The second kappa shape index (κ2) is 9.75. The molecule has 0 aliphatic carbocycles. The Labute approximate surface area is 119 Å². The molecule has 0 heterocycles. The summed E-state index contributed by atoms with van der Waals surface area (Å²) in [5.74, 6) is -0.490. The first-order chi connectivity index (χ1) is 8.96. The van der Waals surface area contributed by atoms with E-state index in [4.69, 9.17) is 30.1 Å². The van der Waals surface area contributed by atoms with Gasteiger partial charge in [0, 0.05) is 13.2 Å². The first-order valence-electron chi connectivity index (χ1n) is 6.18. The van der Waals surface area contributed by atoms with E-state index in [1.165, 1.54) is 0 Å². The average molecular weight is 317 g/mol. The zero-order chi connectivity index (χ0) is 14.9. The van der Waals surface area contributed by atoms with Gasteiger partial charge in [0.15, 0.2) is 10.5 Å². The third kappa shape index (κ3) is 5.81. The number of ether oxygens (including phenoxy) is 2. The number of rotatable bonds is 10. The van der Waals surface area contributed by atoms with Crippen LogP contribution in [-0.4, -0.2) is 37.8 Å². The van der Waals surface area contributed by atoms with Gasteiger partial charge in [0.2, 0.25) is 6.29 Å². The fraction of sp³-hybridized carbons (Fsp3) is 0.818. The normalized spacial score (nSPS) is 13.8. The van der Waals surface area contributed by atoms with Crippen molar-refractivity contribution in [3.8, 4) is 0 Å². The van der Waals surface area contributed by atoms with E-state index in [-0.39, 0.29) is 13.2 Å². The number of hydrogen-bond donors (Lipinski definition) is 1. The lowest BCUT2D eigenvalue weighted by molar-refractivity contribution is -0.129. The van der Waals surface area contributed by atoms with Crippen molar-refractivity contribution in [1.82, 2.24) is 0 Å². The number of halogens is 1. The standard InChI is InChI=1S/C11H22ClO6P/c1-5-15-11(16-6-2)9(13)10(12)19(14,17-7-3)18-8-4/h11,13H,5-8H2,1-4H3/b10-9-. The van der Waals surface area contributed by atoms with Crippen LogP contribution >= 0.6 is 19.2 Å². The SMILES string of the molecule is CCOC(OCC)/C(O)=C(\Cl)P(=O)(OCC)OCC. The van der Waals surface area contributed by atoms with Crippen LogP contribution < -0.4 is 0 Å². The van der Waals surface area contributed by atoms with Crippen LogP contribution in [0.3, 0.4) is 0 Å². The van der Waals surface area contributed by atoms with Crippen molar-refractivity contribution >= 4 is 19.2 Å². The number of hydrogen-bond acceptors (Lipinski definition) is 6. The van der Waals surface area contributed by atoms with Gasteiger partial charge in [-0.2, -0.15) is 0 Å². The van der Waals surface area contributed by atoms with Crippen LogP contribution in [0.25, 0.3) is 0 Å². The maximum atomic E-state index is 12.4. The molecule has 0 aromatic carbocycles. The molecular formula is C11H22ClO6P. The van der Waals surface area contributed by atoms with Crippen molar-refractivity contribution in [2.24, 2.45) is 0 Å². The van der Waals surface area contributed by atoms with Crippen molar-refractivity contribution in [3.63, 3.8) is 0 Å². The summed E-state index contributed by atoms with van der Waals surface area (Å²) < 4.78 is 32.4. The highest BCUT2D eigenvalue weighted by Gasteiger charge is 2.34. The molecule has 0 saturated carbocycles. The van der Waals surface area contributed by atoms with Gasteiger partial charge in [0.25, 0.3) is 0 Å². The summed E-state index contributed by atoms with van der Waals surface area (Å²) in [5, 5.41) is 9.99. The van der Waals surface area contributed by atoms with Gasteiger partial charge in [0.1, 0.15) is 0 Å². The van der Waals surface area contributed by atoms with Gasteiger partial charge in [-0.05, 0) is 27.7 Å². The molecule has 0 aromatic rings. The average Bonchev–Trinajstić information content (AvgIpc) is 2.37. The predicted molar refractivity (Wildman–Crippen MR) is 73.4 cm³/mol. The van der Waals surface area contributed by atoms with Crippen molar-refractivity contribution < 1.29 is 28.2 Å². The summed E-state index contributed by atoms with van der Waals surface area (Å²) in [6, 6.07) is 0. The molecule has 0 rings (SSSR count). The summed E-state index contributed by atoms with van der Waals surface area (Å²) in [6.45, 7) is 7.63. The van der Waals surface area contributed by atoms with E-state index in [2.05, 4.69) is 0 Å². The van der Waals surface area contributed by atoms with Crippen LogP contribution in [0.4, 0.5) is 0 Å². The Hall–Kier alpha value is -0.100. The van der Waals surface area contributed by atoms with Crippen LogP contribution in [0.5, 0.6) is 0 Å². The van der Waals surface area contributed by atoms with Gasteiger partial charge in [-0.15, -0.1) is 0 Å². The Morgan fingerprint density at radius 3 is 1.79 bits per heavy atom. The molecule has 6 nitrogen and oxygen atoms in total. The van der Waals surface area contributed by atoms with Crippen LogP contribution in [0.15, 0.2) is 10.5 Å². The smallest absolute Gasteiger partial charge is 0.376 e. The van der Waals surface area contributed by atoms with E-state index in [1.54, 1.807) is 27.7 Å². The Bertz CT molecular complexity index is 317. The molecule has 19 heavy (non-hydrogen) atoms. The van der Waals surface area contributed by atoms with E-state index in [0.717, 1.165) is 0 Å². The van der Waals surface area contributed by atoms with Crippen LogP contribution in [0.1, 0.15) is 27.7 Å². The molecule has 1 N–H and O–H groups in total. The van der Waals surface area contributed by atoms with Gasteiger partial charge in [-0.25, -0.2) is 0 Å². The molecule has 0 aliphatic rings. The van der Waals surface area contributed by atoms with E-state index < -0.39 is 24.4 Å². The molecule has 114 valence electrons. The van der Waals surface area contributed by atoms with E-state index in [1.807, 2.05) is 0 Å². The molecule has 0 amide bonds. The van der Waals surface area contributed by atoms with Gasteiger partial charge in [-0.3, -0.25) is 4.57 Å². The second-order valence-electron chi connectivity index (χ2n) is 3.25. The predicted octanol–water partition coefficient (Wildman–Crippen LogP) is 3.62. The zero-order valence-electron chi connectivity index (χ0n) is 11.7. The highest BCUT2D eigenvalue weighted by Crippen LogP contribution is 2.59. The van der Waals surface area contributed by atoms with Crippen molar-refractivity contribution in [2.45, 2.75) is 34.0 Å². The third-order valence-corrected chi connectivity index (χ3v) is 4.63. The van der Waals surface area contributed by atoms with Crippen LogP contribution in [0.2, 0.25) is 0 Å². The molecule has 0 radical (unpaired) electrons. The first-order valence-corrected chi connectivity index (χ1v) is 8.10. The molecule has 0 fully saturated rings. The number of aliphatic hydroxyl groups excluding tert-OH is 1. The lowest BCUT2D eigenvalue weighted by Crippen LogP contribution is -2.21. The summed E-state index contributed by atoms with van der Waals surface area (Å²) in [7, 11) is -3.73. The van der Waals surface area contributed by atoms with Crippen molar-refractivity contribution in [1.29, 1.82) is 0 Å². The Balaban J connectivity index is 5.28. The van der Waals surface area contributed by atoms with Crippen LogP contribution in [-0.2, 0) is 23.1 Å². The maximum Gasteiger partial charge on any atom is 0.376 e. The van der Waals surface area contributed by atoms with Crippen LogP contribution in [0, 0.1) is 0 Å². The van der Waals surface area contributed by atoms with Crippen molar-refractivity contribution in [2.75, 3.05) is 26.4 Å². The Kier molecular flexibility index (Phi) is 9.70. The molecule has 0 saturated heterocycles. The lowest BCUT2D eigenvalue weighted by Gasteiger charge is -2.21. The molecule has 0 spiro atoms. The Morgan fingerprint density at radius 2 is 1.47 bits per heavy atom. The fourth-order valence-electron chi connectivity index (χ4n) is 1.24. The molecular weight excluding hydrogens is 295 g/mol. The van der Waals surface area contributed by atoms with Gasteiger partial charge in [-0.1, -0.05) is 11.6 Å². The summed E-state index contributed by atoms with van der Waals surface area (Å²) in [6.07, 6.45) is -1.09. The monoisotopic (exact) mass is 316 g/mol. The van der Waals surface area contributed by atoms with Crippen molar-refractivity contribution in [3.05, 3.63) is 10.5 Å². The molecule has 0 unspecified atom stereocenters. The first kappa shape index (κ1) is 18.9. The van der Waals surface area contributed by atoms with Gasteiger partial charge in [0.05, 0.1) is 13.2 Å². The van der Waals surface area contributed by atoms with E-state index in [9.17, 15) is 9.67 Å². The zero-order valence-corrected chi connectivity index (χ0v) is 13.4. The number of aliphatic hydroxyl groups is 1. The molecule has 0 aliphatic heterocycles. The highest BCUT2D eigenvalue weighted by molar-refractivity contribution is 7.61. The topological polar surface area (TPSA) is 74.2 Å². The summed E-state index contributed by atoms with van der Waals surface area (Å²) >= 11 is 5.92. The third-order valence-electron chi connectivity index (χ3n) is 1.91. The Morgan fingerprint density at radius 1 is 1.05 bits per heavy atom. The maximum absolute atomic E-state index is 12.4. The molecule has 8 heteroatoms. The minimum absolute atomic E-state index is 0.134. The quantitative estimate of drug-likeness (QED) is 0.377. The molecule has 0 bridgehead atoms. The van der Waals surface area contributed by atoms with Gasteiger partial charge < -0.3 is 23.6 Å². The second-order valence-corrected chi connectivity index (χ2v) is 5.85. The van der Waals surface area contributed by atoms with E-state index >= 15 is 0 Å². The highest BCUT2D eigenvalue weighted by atomic mass is 35.5.